The molecule has 324 valence electrons. The van der Waals surface area contributed by atoms with Crippen LogP contribution < -0.4 is 10.1 Å². The van der Waals surface area contributed by atoms with E-state index < -0.39 is 11.9 Å². The van der Waals surface area contributed by atoms with E-state index in [9.17, 15) is 24.0 Å². The Morgan fingerprint density at radius 2 is 1.70 bits per heavy atom. The number of nitrogens with one attached hydrogen (secondary N) is 1. The minimum atomic E-state index is -0.679. The van der Waals surface area contributed by atoms with E-state index in [0.717, 1.165) is 107 Å². The summed E-state index contributed by atoms with van der Waals surface area (Å²) in [6, 6.07) is 21.2. The van der Waals surface area contributed by atoms with Gasteiger partial charge in [0.05, 0.1) is 30.2 Å². The van der Waals surface area contributed by atoms with E-state index in [1.807, 2.05) is 52.4 Å². The van der Waals surface area contributed by atoms with E-state index in [-0.39, 0.29) is 42.7 Å². The second kappa shape index (κ2) is 17.0. The first kappa shape index (κ1) is 40.6. The smallest absolute Gasteiger partial charge is 0.255 e. The van der Waals surface area contributed by atoms with E-state index in [1.165, 1.54) is 0 Å². The number of aryl methyl sites for hydroxylation is 1. The summed E-state index contributed by atoms with van der Waals surface area (Å²) >= 11 is 0. The van der Waals surface area contributed by atoms with Crippen molar-refractivity contribution in [2.24, 2.45) is 0 Å². The van der Waals surface area contributed by atoms with Crippen molar-refractivity contribution in [2.45, 2.75) is 96.0 Å². The second-order valence-corrected chi connectivity index (χ2v) is 17.4. The summed E-state index contributed by atoms with van der Waals surface area (Å²) in [5, 5.41) is 4.42. The second-order valence-electron chi connectivity index (χ2n) is 17.4. The molecule has 5 aliphatic heterocycles. The van der Waals surface area contributed by atoms with Crippen molar-refractivity contribution < 1.29 is 33.4 Å². The maximum Gasteiger partial charge on any atom is 0.255 e. The van der Waals surface area contributed by atoms with E-state index in [1.54, 1.807) is 17.9 Å². The molecule has 5 aliphatic rings. The van der Waals surface area contributed by atoms with Crippen LogP contribution in [0.4, 0.5) is 0 Å². The Hall–Kier alpha value is -6.41. The number of fused-ring (bicyclic) bond motifs is 3. The zero-order valence-electron chi connectivity index (χ0n) is 35.5. The first-order chi connectivity index (χ1) is 30.7. The molecule has 10 rings (SSSR count). The van der Waals surface area contributed by atoms with Crippen LogP contribution in [0, 0.1) is 0 Å². The molecule has 63 heavy (non-hydrogen) atoms. The van der Waals surface area contributed by atoms with Gasteiger partial charge in [0, 0.05) is 93.3 Å². The monoisotopic (exact) mass is 849 g/mol. The Morgan fingerprint density at radius 1 is 0.889 bits per heavy atom. The van der Waals surface area contributed by atoms with Crippen molar-refractivity contribution in [1.82, 2.24) is 34.6 Å². The van der Waals surface area contributed by atoms with Crippen LogP contribution in [-0.2, 0) is 50.0 Å². The average Bonchev–Trinajstić information content (AvgIpc) is 3.86. The van der Waals surface area contributed by atoms with Gasteiger partial charge in [-0.2, -0.15) is 0 Å². The minimum absolute atomic E-state index is 0.0405. The molecule has 0 spiro atoms. The predicted molar refractivity (Wildman–Crippen MR) is 233 cm³/mol. The Balaban J connectivity index is 0.790. The molecule has 0 radical (unpaired) electrons. The molecule has 1 unspecified atom stereocenters. The fourth-order valence-corrected chi connectivity index (χ4v) is 10.1. The predicted octanol–water partition coefficient (Wildman–Crippen LogP) is 5.79. The number of imidazole rings is 1. The summed E-state index contributed by atoms with van der Waals surface area (Å²) in [4.78, 5) is 79.2. The molecule has 0 bridgehead atoms. The quantitative estimate of drug-likeness (QED) is 0.182. The highest BCUT2D eigenvalue weighted by Crippen LogP contribution is 2.38. The molecule has 5 aromatic rings. The molecule has 14 nitrogen and oxygen atoms in total. The number of amides is 5. The lowest BCUT2D eigenvalue weighted by Crippen LogP contribution is -2.52. The topological polar surface area (TPSA) is 156 Å². The molecule has 2 aromatic heterocycles. The number of rotatable bonds is 9. The van der Waals surface area contributed by atoms with E-state index in [0.29, 0.717) is 56.9 Å². The lowest BCUT2D eigenvalue weighted by Gasteiger charge is -2.33. The maximum absolute atomic E-state index is 13.6. The molecule has 7 heterocycles. The summed E-state index contributed by atoms with van der Waals surface area (Å²) < 4.78 is 14.5. The number of hydrogen-bond donors (Lipinski definition) is 1. The maximum atomic E-state index is 13.6. The average molecular weight is 850 g/mol. The van der Waals surface area contributed by atoms with Crippen LogP contribution in [0.2, 0.25) is 0 Å². The van der Waals surface area contributed by atoms with Crippen LogP contribution in [0.5, 0.6) is 5.75 Å². The third kappa shape index (κ3) is 7.96. The number of carbonyl (C=O) groups is 5. The molecular formula is C49H51N7O7. The normalized spacial score (nSPS) is 20.5. The summed E-state index contributed by atoms with van der Waals surface area (Å²) in [6.45, 7) is 6.49. The molecule has 0 aliphatic carbocycles. The number of imide groups is 1. The fourth-order valence-electron chi connectivity index (χ4n) is 10.1. The number of carbonyl (C=O) groups excluding carboxylic acids is 5. The standard InChI is InChI=1S/C49H51N7O7/c1-30(57)53-21-22-55-43(29-53)46(52-47(55)33-18-23-62-24-19-33)37-8-3-6-34-25-41(50-26-39(34)37)32-10-13-35(14-11-32)63-36-7-4-20-54(27-36)45(59)17-12-31-5-2-9-38-40(31)28-56(49(38)61)42-15-16-44(58)51-48(42)60/h2-3,5-6,8-11,13-14,25-26,33,36,42H,4,7,12,15-24,27-29H2,1H3,(H,51,58,60)/t36-,42?/m0/s1. The molecule has 0 saturated carbocycles. The Labute approximate surface area is 365 Å². The van der Waals surface area contributed by atoms with Crippen molar-refractivity contribution in [3.05, 3.63) is 101 Å². The minimum Gasteiger partial charge on any atom is -0.489 e. The lowest BCUT2D eigenvalue weighted by atomic mass is 9.99. The van der Waals surface area contributed by atoms with Crippen LogP contribution in [0.3, 0.4) is 0 Å². The summed E-state index contributed by atoms with van der Waals surface area (Å²) in [5.74, 6) is 1.29. The Bertz CT molecular complexity index is 2630. The van der Waals surface area contributed by atoms with E-state index >= 15 is 0 Å². The largest absolute Gasteiger partial charge is 0.489 e. The van der Waals surface area contributed by atoms with Gasteiger partial charge in [0.1, 0.15) is 23.7 Å². The van der Waals surface area contributed by atoms with Gasteiger partial charge in [-0.1, -0.05) is 30.3 Å². The van der Waals surface area contributed by atoms with Gasteiger partial charge in [0.2, 0.25) is 23.6 Å². The van der Waals surface area contributed by atoms with Gasteiger partial charge in [-0.15, -0.1) is 0 Å². The van der Waals surface area contributed by atoms with Crippen molar-refractivity contribution in [3.63, 3.8) is 0 Å². The van der Waals surface area contributed by atoms with Crippen LogP contribution in [0.15, 0.2) is 72.9 Å². The van der Waals surface area contributed by atoms with Gasteiger partial charge in [-0.05, 0) is 91.4 Å². The fraction of sp³-hybridized carbons (Fsp3) is 0.408. The molecule has 2 atom stereocenters. The van der Waals surface area contributed by atoms with Gasteiger partial charge in [-0.25, -0.2) is 4.98 Å². The summed E-state index contributed by atoms with van der Waals surface area (Å²) in [7, 11) is 0. The molecule has 14 heteroatoms. The number of nitrogens with zero attached hydrogens (tertiary/aromatic N) is 6. The van der Waals surface area contributed by atoms with Gasteiger partial charge in [-0.3, -0.25) is 34.3 Å². The lowest BCUT2D eigenvalue weighted by molar-refractivity contribution is -0.137. The SMILES string of the molecule is CC(=O)N1CCn2c(C3CCOCC3)nc(-c3cccc4cc(-c5ccc(O[C@H]6CCCN(C(=O)CCc7cccc8c7CN(C7CCC(=O)NC7=O)C8=O)C6)cc5)ncc34)c2C1. The number of hydrogen-bond acceptors (Lipinski definition) is 9. The third-order valence-electron chi connectivity index (χ3n) is 13.6. The molecule has 5 amide bonds. The molecule has 3 aromatic carbocycles. The summed E-state index contributed by atoms with van der Waals surface area (Å²) in [5.41, 5.74) is 7.14. The van der Waals surface area contributed by atoms with E-state index in [2.05, 4.69) is 34.1 Å². The number of likely N-dealkylation sites (tertiary alicyclic amines) is 1. The zero-order chi connectivity index (χ0) is 43.2. The third-order valence-corrected chi connectivity index (χ3v) is 13.6. The highest BCUT2D eigenvalue weighted by Gasteiger charge is 2.40. The zero-order valence-corrected chi connectivity index (χ0v) is 35.5. The van der Waals surface area contributed by atoms with Crippen LogP contribution in [-0.4, -0.2) is 104 Å². The van der Waals surface area contributed by atoms with Gasteiger partial charge in [0.15, 0.2) is 0 Å². The molecule has 3 fully saturated rings. The molecule has 3 saturated heterocycles. The number of pyridine rings is 1. The number of piperidine rings is 2. The van der Waals surface area contributed by atoms with Crippen molar-refractivity contribution in [2.75, 3.05) is 32.8 Å². The van der Waals surface area contributed by atoms with Gasteiger partial charge < -0.3 is 28.7 Å². The highest BCUT2D eigenvalue weighted by atomic mass is 16.5. The van der Waals surface area contributed by atoms with Crippen molar-refractivity contribution in [1.29, 1.82) is 0 Å². The Kier molecular flexibility index (Phi) is 11.0. The van der Waals surface area contributed by atoms with Crippen molar-refractivity contribution in [3.8, 4) is 28.3 Å². The summed E-state index contributed by atoms with van der Waals surface area (Å²) in [6.07, 6.45) is 6.63. The number of benzene rings is 3. The van der Waals surface area contributed by atoms with Crippen molar-refractivity contribution >= 4 is 40.3 Å². The Morgan fingerprint density at radius 3 is 2.51 bits per heavy atom. The van der Waals surface area contributed by atoms with E-state index in [4.69, 9.17) is 19.4 Å². The number of ether oxygens (including phenoxy) is 2. The van der Waals surface area contributed by atoms with Crippen LogP contribution in [0.1, 0.15) is 90.8 Å². The van der Waals surface area contributed by atoms with Crippen LogP contribution >= 0.6 is 0 Å². The van der Waals surface area contributed by atoms with Gasteiger partial charge in [0.25, 0.3) is 5.91 Å². The van der Waals surface area contributed by atoms with Gasteiger partial charge >= 0.3 is 0 Å². The van der Waals surface area contributed by atoms with Crippen LogP contribution in [0.25, 0.3) is 33.3 Å². The number of aromatic nitrogens is 3. The molecular weight excluding hydrogens is 799 g/mol. The molecule has 1 N–H and O–H groups in total. The first-order valence-corrected chi connectivity index (χ1v) is 22.3. The first-order valence-electron chi connectivity index (χ1n) is 22.3. The highest BCUT2D eigenvalue weighted by molar-refractivity contribution is 6.05.